The van der Waals surface area contributed by atoms with Gasteiger partial charge in [0.1, 0.15) is 0 Å². The summed E-state index contributed by atoms with van der Waals surface area (Å²) in [5, 5.41) is 22.6. The summed E-state index contributed by atoms with van der Waals surface area (Å²) in [7, 11) is 0. The number of para-hydroxylation sites is 1. The molecular formula is C23H26N2O3+2. The van der Waals surface area contributed by atoms with Gasteiger partial charge in [-0.3, -0.25) is 4.79 Å². The fourth-order valence-electron chi connectivity index (χ4n) is 4.17. The molecule has 5 heteroatoms. The second kappa shape index (κ2) is 7.58. The van der Waals surface area contributed by atoms with Gasteiger partial charge in [0.2, 0.25) is 17.8 Å². The quantitative estimate of drug-likeness (QED) is 0.539. The van der Waals surface area contributed by atoms with E-state index in [1.54, 1.807) is 9.13 Å². The van der Waals surface area contributed by atoms with E-state index in [1.165, 1.54) is 6.42 Å². The highest BCUT2D eigenvalue weighted by atomic mass is 16.3. The average Bonchev–Trinajstić information content (AvgIpc) is 2.72. The van der Waals surface area contributed by atoms with E-state index in [-0.39, 0.29) is 30.3 Å². The van der Waals surface area contributed by atoms with Crippen molar-refractivity contribution in [3.8, 4) is 11.9 Å². The third-order valence-electron chi connectivity index (χ3n) is 5.74. The Labute approximate surface area is 164 Å². The summed E-state index contributed by atoms with van der Waals surface area (Å²) >= 11 is 0. The summed E-state index contributed by atoms with van der Waals surface area (Å²) in [4.78, 5) is 12.9. The molecule has 1 saturated carbocycles. The van der Waals surface area contributed by atoms with Crippen molar-refractivity contribution in [1.82, 2.24) is 0 Å². The maximum atomic E-state index is 12.9. The summed E-state index contributed by atoms with van der Waals surface area (Å²) in [6, 6.07) is 14.8. The van der Waals surface area contributed by atoms with Gasteiger partial charge in [-0.2, -0.15) is 0 Å². The standard InChI is InChI=1S/C23H24N2O3/c1-16-11-13-17(14-12-16)21(26)15-24-20-10-6-5-9-19(20)22(27)25(23(24)28)18-7-3-2-4-8-18/h5-6,9-14,18H,2-4,7-8,15H2,1H3/p+2. The molecule has 0 amide bonds. The number of hydrogen-bond acceptors (Lipinski definition) is 3. The normalized spacial score (nSPS) is 15.0. The number of aromatic hydroxyl groups is 2. The zero-order chi connectivity index (χ0) is 19.7. The molecule has 0 bridgehead atoms. The van der Waals surface area contributed by atoms with Crippen LogP contribution in [-0.2, 0) is 6.54 Å². The molecule has 0 atom stereocenters. The van der Waals surface area contributed by atoms with Crippen LogP contribution in [0.5, 0.6) is 11.9 Å². The first kappa shape index (κ1) is 18.4. The van der Waals surface area contributed by atoms with E-state index in [0.717, 1.165) is 31.2 Å². The summed E-state index contributed by atoms with van der Waals surface area (Å²) < 4.78 is 3.23. The minimum Gasteiger partial charge on any atom is -0.459 e. The van der Waals surface area contributed by atoms with Crippen molar-refractivity contribution in [2.24, 2.45) is 0 Å². The Morgan fingerprint density at radius 1 is 1.00 bits per heavy atom. The monoisotopic (exact) mass is 378 g/mol. The molecule has 2 aromatic carbocycles. The number of rotatable bonds is 4. The van der Waals surface area contributed by atoms with Crippen molar-refractivity contribution in [3.05, 3.63) is 59.7 Å². The van der Waals surface area contributed by atoms with Crippen molar-refractivity contribution < 1.29 is 24.1 Å². The molecule has 1 fully saturated rings. The smallest absolute Gasteiger partial charge is 0.459 e. The summed E-state index contributed by atoms with van der Waals surface area (Å²) in [5.41, 5.74) is 2.35. The first-order valence-corrected chi connectivity index (χ1v) is 9.94. The van der Waals surface area contributed by atoms with Gasteiger partial charge in [-0.15, -0.1) is 0 Å². The summed E-state index contributed by atoms with van der Waals surface area (Å²) in [5.74, 6) is -0.00891. The number of fused-ring (bicyclic) bond motifs is 1. The number of hydrogen-bond donors (Lipinski definition) is 2. The number of aryl methyl sites for hydroxylation is 1. The molecule has 0 unspecified atom stereocenters. The summed E-state index contributed by atoms with van der Waals surface area (Å²) in [6.45, 7) is 2.00. The van der Waals surface area contributed by atoms with Gasteiger partial charge in [-0.05, 0) is 25.8 Å². The molecule has 0 saturated heterocycles. The van der Waals surface area contributed by atoms with Crippen LogP contribution in [0.25, 0.3) is 10.9 Å². The lowest BCUT2D eigenvalue weighted by Gasteiger charge is -2.17. The molecule has 1 aliphatic rings. The zero-order valence-corrected chi connectivity index (χ0v) is 16.1. The lowest BCUT2D eigenvalue weighted by atomic mass is 9.95. The number of nitrogens with zero attached hydrogens (tertiary/aromatic N) is 2. The molecule has 0 aliphatic heterocycles. The van der Waals surface area contributed by atoms with Gasteiger partial charge in [-0.1, -0.05) is 57.5 Å². The van der Waals surface area contributed by atoms with Crippen molar-refractivity contribution in [3.63, 3.8) is 0 Å². The minimum atomic E-state index is -0.0775. The van der Waals surface area contributed by atoms with E-state index in [0.29, 0.717) is 16.5 Å². The maximum absolute atomic E-state index is 12.9. The van der Waals surface area contributed by atoms with Crippen molar-refractivity contribution in [1.29, 1.82) is 0 Å². The van der Waals surface area contributed by atoms with Gasteiger partial charge >= 0.3 is 11.9 Å². The molecule has 5 nitrogen and oxygen atoms in total. The zero-order valence-electron chi connectivity index (χ0n) is 16.1. The van der Waals surface area contributed by atoms with Crippen LogP contribution in [0.2, 0.25) is 0 Å². The number of carbonyl (C=O) groups is 1. The van der Waals surface area contributed by atoms with Crippen LogP contribution in [0.15, 0.2) is 48.5 Å². The molecule has 0 radical (unpaired) electrons. The van der Waals surface area contributed by atoms with Crippen LogP contribution in [0.4, 0.5) is 0 Å². The van der Waals surface area contributed by atoms with E-state index >= 15 is 0 Å². The highest BCUT2D eigenvalue weighted by molar-refractivity contribution is 5.95. The third kappa shape index (κ3) is 3.33. The van der Waals surface area contributed by atoms with Crippen LogP contribution in [-0.4, -0.2) is 16.0 Å². The molecule has 1 aromatic heterocycles. The van der Waals surface area contributed by atoms with Gasteiger partial charge in [0, 0.05) is 24.5 Å². The van der Waals surface area contributed by atoms with E-state index in [4.69, 9.17) is 0 Å². The molecule has 28 heavy (non-hydrogen) atoms. The van der Waals surface area contributed by atoms with Gasteiger partial charge in [0.15, 0.2) is 11.4 Å². The third-order valence-corrected chi connectivity index (χ3v) is 5.74. The number of benzene rings is 2. The van der Waals surface area contributed by atoms with E-state index in [9.17, 15) is 15.0 Å². The van der Waals surface area contributed by atoms with Crippen LogP contribution >= 0.6 is 0 Å². The van der Waals surface area contributed by atoms with Gasteiger partial charge in [0.05, 0.1) is 0 Å². The van der Waals surface area contributed by atoms with Crippen molar-refractivity contribution in [2.75, 3.05) is 0 Å². The second-order valence-corrected chi connectivity index (χ2v) is 7.68. The first-order valence-electron chi connectivity index (χ1n) is 9.94. The molecule has 2 N–H and O–H groups in total. The second-order valence-electron chi connectivity index (χ2n) is 7.68. The van der Waals surface area contributed by atoms with E-state index < -0.39 is 0 Å². The largest absolute Gasteiger partial charge is 0.632 e. The SMILES string of the molecule is Cc1ccc(C(=O)C[n+]2c(O)[n+](C3CCCCC3)c(O)c3ccccc32)cc1. The van der Waals surface area contributed by atoms with Gasteiger partial charge in [-0.25, -0.2) is 0 Å². The molecule has 3 aromatic rings. The van der Waals surface area contributed by atoms with Crippen LogP contribution in [0.3, 0.4) is 0 Å². The molecular weight excluding hydrogens is 352 g/mol. The van der Waals surface area contributed by atoms with Gasteiger partial charge in [0.25, 0.3) is 0 Å². The molecule has 0 spiro atoms. The topological polar surface area (TPSA) is 65.3 Å². The Hall–Kier alpha value is -2.95. The fourth-order valence-corrected chi connectivity index (χ4v) is 4.17. The molecule has 1 aliphatic carbocycles. The molecule has 144 valence electrons. The predicted octanol–water partition coefficient (Wildman–Crippen LogP) is 3.52. The lowest BCUT2D eigenvalue weighted by Crippen LogP contribution is -2.52. The van der Waals surface area contributed by atoms with E-state index in [1.807, 2.05) is 55.5 Å². The predicted molar refractivity (Wildman–Crippen MR) is 105 cm³/mol. The Morgan fingerprint density at radius 2 is 1.68 bits per heavy atom. The first-order chi connectivity index (χ1) is 13.6. The van der Waals surface area contributed by atoms with Crippen molar-refractivity contribution in [2.45, 2.75) is 51.6 Å². The number of Topliss-reactive ketones (excluding diaryl/α,β-unsaturated/α-hetero) is 1. The summed E-state index contributed by atoms with van der Waals surface area (Å²) in [6.07, 6.45) is 5.15. The minimum absolute atomic E-state index is 0.0163. The van der Waals surface area contributed by atoms with Crippen LogP contribution in [0, 0.1) is 6.92 Å². The average molecular weight is 378 g/mol. The van der Waals surface area contributed by atoms with E-state index in [2.05, 4.69) is 0 Å². The number of aromatic nitrogens is 2. The highest BCUT2D eigenvalue weighted by Gasteiger charge is 2.39. The number of ketones is 1. The Kier molecular flexibility index (Phi) is 4.99. The Morgan fingerprint density at radius 3 is 2.39 bits per heavy atom. The maximum Gasteiger partial charge on any atom is 0.632 e. The fraction of sp³-hybridized carbons (Fsp3) is 0.348. The van der Waals surface area contributed by atoms with Gasteiger partial charge < -0.3 is 10.2 Å². The molecule has 1 heterocycles. The van der Waals surface area contributed by atoms with Crippen LogP contribution in [0.1, 0.15) is 54.1 Å². The van der Waals surface area contributed by atoms with Crippen molar-refractivity contribution >= 4 is 16.7 Å². The van der Waals surface area contributed by atoms with Crippen LogP contribution < -0.4 is 9.13 Å². The Bertz CT molecular complexity index is 1020. The highest BCUT2D eigenvalue weighted by Crippen LogP contribution is 2.29. The lowest BCUT2D eigenvalue weighted by molar-refractivity contribution is -0.830. The number of carbonyl (C=O) groups excluding carboxylic acids is 1. The Balaban J connectivity index is 1.82. The molecule has 4 rings (SSSR count).